The SMILES string of the molecule is c1cc2ccc3ncnc3c2nnn1. The molecule has 0 aliphatic carbocycles. The molecule has 14 heavy (non-hydrogen) atoms. The largest absolute Gasteiger partial charge is 0.235 e. The third-order valence-corrected chi connectivity index (χ3v) is 2.06. The van der Waals surface area contributed by atoms with Crippen molar-refractivity contribution < 1.29 is 0 Å². The Morgan fingerprint density at radius 1 is 0.929 bits per heavy atom. The fourth-order valence-electron chi connectivity index (χ4n) is 1.42. The molecule has 0 bridgehead atoms. The Kier molecular flexibility index (Phi) is 1.38. The van der Waals surface area contributed by atoms with E-state index < -0.39 is 0 Å². The van der Waals surface area contributed by atoms with Crippen molar-refractivity contribution in [2.24, 2.45) is 0 Å². The maximum Gasteiger partial charge on any atom is 0.123 e. The van der Waals surface area contributed by atoms with Crippen LogP contribution >= 0.6 is 0 Å². The van der Waals surface area contributed by atoms with Crippen molar-refractivity contribution in [2.75, 3.05) is 0 Å². The molecule has 0 saturated heterocycles. The van der Waals surface area contributed by atoms with Gasteiger partial charge in [0.25, 0.3) is 0 Å². The van der Waals surface area contributed by atoms with Crippen LogP contribution in [0, 0.1) is 0 Å². The Bertz CT molecular complexity index is 607. The van der Waals surface area contributed by atoms with Gasteiger partial charge in [-0.15, -0.1) is 10.2 Å². The number of hydrogen-bond donors (Lipinski definition) is 0. The van der Waals surface area contributed by atoms with Crippen LogP contribution in [0.1, 0.15) is 0 Å². The molecule has 3 aromatic rings. The Labute approximate surface area is 78.8 Å². The number of imidazole rings is 1. The summed E-state index contributed by atoms with van der Waals surface area (Å²) in [7, 11) is 0. The zero-order valence-corrected chi connectivity index (χ0v) is 7.12. The second-order valence-corrected chi connectivity index (χ2v) is 2.87. The van der Waals surface area contributed by atoms with Crippen molar-refractivity contribution in [3.05, 3.63) is 30.7 Å². The summed E-state index contributed by atoms with van der Waals surface area (Å²) in [6.07, 6.45) is 3.13. The zero-order valence-electron chi connectivity index (χ0n) is 7.12. The highest BCUT2D eigenvalue weighted by Crippen LogP contribution is 2.18. The zero-order chi connectivity index (χ0) is 9.38. The quantitative estimate of drug-likeness (QED) is 0.519. The van der Waals surface area contributed by atoms with Gasteiger partial charge < -0.3 is 0 Å². The summed E-state index contributed by atoms with van der Waals surface area (Å²) in [6, 6.07) is 5.69. The molecule has 0 unspecified atom stereocenters. The molecule has 0 atom stereocenters. The number of aromatic nitrogens is 5. The van der Waals surface area contributed by atoms with Crippen molar-refractivity contribution in [2.45, 2.75) is 0 Å². The van der Waals surface area contributed by atoms with Crippen molar-refractivity contribution in [1.29, 1.82) is 0 Å². The summed E-state index contributed by atoms with van der Waals surface area (Å²) < 4.78 is 0. The number of hydrogen-bond acceptors (Lipinski definition) is 5. The van der Waals surface area contributed by atoms with E-state index in [1.165, 1.54) is 6.33 Å². The summed E-state index contributed by atoms with van der Waals surface area (Å²) in [5, 5.41) is 12.3. The van der Waals surface area contributed by atoms with Crippen molar-refractivity contribution in [1.82, 2.24) is 25.4 Å². The predicted molar refractivity (Wildman–Crippen MR) is 50.4 cm³/mol. The Hall–Kier alpha value is -2.17. The maximum atomic E-state index is 4.13. The van der Waals surface area contributed by atoms with Crippen LogP contribution in [0.25, 0.3) is 21.9 Å². The smallest absolute Gasteiger partial charge is 0.123 e. The van der Waals surface area contributed by atoms with Gasteiger partial charge in [-0.2, -0.15) is 0 Å². The second-order valence-electron chi connectivity index (χ2n) is 2.87. The molecule has 0 spiro atoms. The van der Waals surface area contributed by atoms with Crippen molar-refractivity contribution >= 4 is 21.9 Å². The average Bonchev–Trinajstić information content (AvgIpc) is 2.55. The number of nitrogens with zero attached hydrogens (tertiary/aromatic N) is 5. The lowest BCUT2D eigenvalue weighted by molar-refractivity contribution is 0.909. The molecular formula is C9H5N5. The van der Waals surface area contributed by atoms with Gasteiger partial charge in [-0.1, -0.05) is 6.07 Å². The van der Waals surface area contributed by atoms with E-state index in [1.807, 2.05) is 18.2 Å². The third kappa shape index (κ3) is 0.922. The minimum absolute atomic E-state index is 0.734. The lowest BCUT2D eigenvalue weighted by Gasteiger charge is -1.89. The molecular weight excluding hydrogens is 178 g/mol. The highest BCUT2D eigenvalue weighted by atomic mass is 15.3. The van der Waals surface area contributed by atoms with Crippen LogP contribution in [0.15, 0.2) is 30.7 Å². The maximum absolute atomic E-state index is 4.13. The van der Waals surface area contributed by atoms with Crippen molar-refractivity contribution in [3.8, 4) is 0 Å². The standard InChI is InChI=1S/C9H5N5/c1-2-7-9(11-5-10-7)8-6(1)3-4-12-14-13-8/h1-5H. The van der Waals surface area contributed by atoms with Gasteiger partial charge in [0.2, 0.25) is 0 Å². The van der Waals surface area contributed by atoms with Crippen molar-refractivity contribution in [3.63, 3.8) is 0 Å². The molecule has 5 heteroatoms. The van der Waals surface area contributed by atoms with Gasteiger partial charge in [0, 0.05) is 5.39 Å². The fraction of sp³-hybridized carbons (Fsp3) is 0. The van der Waals surface area contributed by atoms with E-state index in [-0.39, 0.29) is 0 Å². The van der Waals surface area contributed by atoms with Crippen LogP contribution in [0.2, 0.25) is 0 Å². The molecule has 0 fully saturated rings. The molecule has 0 saturated carbocycles. The lowest BCUT2D eigenvalue weighted by atomic mass is 10.2. The highest BCUT2D eigenvalue weighted by Gasteiger charge is 2.03. The average molecular weight is 183 g/mol. The number of benzene rings is 1. The normalized spacial score (nSPS) is 10.9. The highest BCUT2D eigenvalue weighted by molar-refractivity contribution is 6.00. The van der Waals surface area contributed by atoms with Crippen LogP contribution < -0.4 is 0 Å². The first kappa shape index (κ1) is 7.25. The van der Waals surface area contributed by atoms with Gasteiger partial charge in [0.1, 0.15) is 17.4 Å². The predicted octanol–water partition coefficient (Wildman–Crippen LogP) is 0.968. The van der Waals surface area contributed by atoms with Crippen LogP contribution in [0.5, 0.6) is 0 Å². The van der Waals surface area contributed by atoms with Gasteiger partial charge in [0.05, 0.1) is 11.7 Å². The summed E-state index contributed by atoms with van der Waals surface area (Å²) in [6.45, 7) is 0. The van der Waals surface area contributed by atoms with E-state index in [9.17, 15) is 0 Å². The lowest BCUT2D eigenvalue weighted by Crippen LogP contribution is -1.79. The molecule has 0 aliphatic rings. The summed E-state index contributed by atoms with van der Waals surface area (Å²) in [5.41, 5.74) is 2.34. The molecule has 66 valence electrons. The van der Waals surface area contributed by atoms with E-state index in [1.54, 1.807) is 6.20 Å². The first-order valence-corrected chi connectivity index (χ1v) is 4.13. The number of fused-ring (bicyclic) bond motifs is 3. The topological polar surface area (TPSA) is 64.5 Å². The number of rotatable bonds is 0. The first-order chi connectivity index (χ1) is 6.95. The monoisotopic (exact) mass is 183 g/mol. The molecule has 0 radical (unpaired) electrons. The van der Waals surface area contributed by atoms with E-state index in [0.29, 0.717) is 0 Å². The molecule has 0 N–H and O–H groups in total. The minimum atomic E-state index is 0.734. The van der Waals surface area contributed by atoms with E-state index in [4.69, 9.17) is 0 Å². The molecule has 2 heterocycles. The minimum Gasteiger partial charge on any atom is -0.235 e. The van der Waals surface area contributed by atoms with E-state index in [0.717, 1.165) is 21.9 Å². The first-order valence-electron chi connectivity index (χ1n) is 4.13. The Morgan fingerprint density at radius 2 is 1.93 bits per heavy atom. The molecule has 0 aliphatic heterocycles. The Balaban J connectivity index is 2.64. The molecule has 5 nitrogen and oxygen atoms in total. The van der Waals surface area contributed by atoms with Crippen LogP contribution in [-0.4, -0.2) is 25.4 Å². The van der Waals surface area contributed by atoms with Crippen LogP contribution in [0.3, 0.4) is 0 Å². The fourth-order valence-corrected chi connectivity index (χ4v) is 1.42. The molecule has 2 aromatic heterocycles. The Morgan fingerprint density at radius 3 is 2.93 bits per heavy atom. The van der Waals surface area contributed by atoms with Gasteiger partial charge in [-0.05, 0) is 17.3 Å². The van der Waals surface area contributed by atoms with E-state index in [2.05, 4.69) is 25.4 Å². The molecule has 0 amide bonds. The van der Waals surface area contributed by atoms with Gasteiger partial charge in [-0.3, -0.25) is 0 Å². The van der Waals surface area contributed by atoms with Crippen LogP contribution in [-0.2, 0) is 0 Å². The molecule has 3 rings (SSSR count). The third-order valence-electron chi connectivity index (χ3n) is 2.06. The molecule has 1 aromatic carbocycles. The summed E-state index contributed by atoms with van der Waals surface area (Å²) in [4.78, 5) is 8.22. The van der Waals surface area contributed by atoms with Gasteiger partial charge in [-0.25, -0.2) is 9.97 Å². The van der Waals surface area contributed by atoms with Gasteiger partial charge >= 0.3 is 0 Å². The second kappa shape index (κ2) is 2.66. The van der Waals surface area contributed by atoms with Crippen LogP contribution in [0.4, 0.5) is 0 Å². The summed E-state index contributed by atoms with van der Waals surface area (Å²) in [5.74, 6) is 0. The van der Waals surface area contributed by atoms with Gasteiger partial charge in [0.15, 0.2) is 0 Å². The van der Waals surface area contributed by atoms with E-state index >= 15 is 0 Å². The summed E-state index contributed by atoms with van der Waals surface area (Å²) >= 11 is 0.